The highest BCUT2D eigenvalue weighted by Crippen LogP contribution is 2.42. The molecule has 1 heterocycles. The third-order valence-corrected chi connectivity index (χ3v) is 3.62. The topological polar surface area (TPSA) is 105 Å². The summed E-state index contributed by atoms with van der Waals surface area (Å²) in [5.41, 5.74) is -2.22. The van der Waals surface area contributed by atoms with Crippen LogP contribution >= 0.6 is 0 Å². The van der Waals surface area contributed by atoms with Gasteiger partial charge in [0.25, 0.3) is 5.79 Å². The Morgan fingerprint density at radius 1 is 0.885 bits per heavy atom. The smallest absolute Gasteiger partial charge is 0.333 e. The van der Waals surface area contributed by atoms with Gasteiger partial charge in [-0.05, 0) is 13.8 Å². The second-order valence-electron chi connectivity index (χ2n) is 6.26. The number of carbonyl (C=O) groups is 4. The lowest BCUT2D eigenvalue weighted by Crippen LogP contribution is -2.54. The summed E-state index contributed by atoms with van der Waals surface area (Å²) in [7, 11) is 0. The second kappa shape index (κ2) is 8.16. The van der Waals surface area contributed by atoms with Crippen molar-refractivity contribution in [3.05, 3.63) is 24.3 Å². The Balaban J connectivity index is 3.21. The van der Waals surface area contributed by atoms with E-state index in [4.69, 9.17) is 18.9 Å². The van der Waals surface area contributed by atoms with Crippen LogP contribution in [-0.2, 0) is 38.1 Å². The van der Waals surface area contributed by atoms with Crippen LogP contribution in [0.1, 0.15) is 40.5 Å². The molecule has 1 aliphatic rings. The van der Waals surface area contributed by atoms with Crippen molar-refractivity contribution in [3.63, 3.8) is 0 Å². The van der Waals surface area contributed by atoms with Gasteiger partial charge in [-0.2, -0.15) is 0 Å². The van der Waals surface area contributed by atoms with Gasteiger partial charge in [0.2, 0.25) is 0 Å². The van der Waals surface area contributed by atoms with Gasteiger partial charge in [0, 0.05) is 37.8 Å². The minimum Gasteiger partial charge on any atom is -0.463 e. The zero-order valence-corrected chi connectivity index (χ0v) is 15.5. The molecule has 8 nitrogen and oxygen atoms in total. The van der Waals surface area contributed by atoms with E-state index in [-0.39, 0.29) is 24.4 Å². The van der Waals surface area contributed by atoms with Crippen molar-refractivity contribution in [3.8, 4) is 0 Å². The molecule has 144 valence electrons. The van der Waals surface area contributed by atoms with Crippen molar-refractivity contribution in [2.45, 2.75) is 46.3 Å². The van der Waals surface area contributed by atoms with Crippen LogP contribution in [0.5, 0.6) is 0 Å². The first-order chi connectivity index (χ1) is 12.0. The van der Waals surface area contributed by atoms with Gasteiger partial charge in [-0.1, -0.05) is 13.2 Å². The Hall–Kier alpha value is -2.64. The van der Waals surface area contributed by atoms with E-state index in [0.29, 0.717) is 0 Å². The summed E-state index contributed by atoms with van der Waals surface area (Å²) >= 11 is 0. The predicted octanol–water partition coefficient (Wildman–Crippen LogP) is 1.83. The molecule has 0 aliphatic carbocycles. The van der Waals surface area contributed by atoms with E-state index >= 15 is 0 Å². The lowest BCUT2D eigenvalue weighted by atomic mass is 9.75. The highest BCUT2D eigenvalue weighted by Gasteiger charge is 2.57. The largest absolute Gasteiger partial charge is 0.463 e. The molecule has 0 spiro atoms. The fourth-order valence-corrected chi connectivity index (χ4v) is 2.44. The van der Waals surface area contributed by atoms with E-state index in [1.807, 2.05) is 0 Å². The Morgan fingerprint density at radius 2 is 1.23 bits per heavy atom. The van der Waals surface area contributed by atoms with Crippen LogP contribution < -0.4 is 0 Å². The Bertz CT molecular complexity index is 590. The first-order valence-electron chi connectivity index (χ1n) is 8.15. The predicted molar refractivity (Wildman–Crippen MR) is 89.5 cm³/mol. The number of ether oxygens (including phenoxy) is 4. The average molecular weight is 368 g/mol. The van der Waals surface area contributed by atoms with E-state index in [2.05, 4.69) is 13.2 Å². The highest BCUT2D eigenvalue weighted by molar-refractivity contribution is 6.05. The van der Waals surface area contributed by atoms with Gasteiger partial charge in [-0.25, -0.2) is 9.59 Å². The lowest BCUT2D eigenvalue weighted by molar-refractivity contribution is -0.250. The summed E-state index contributed by atoms with van der Waals surface area (Å²) in [6, 6.07) is 0. The molecule has 0 radical (unpaired) electrons. The molecule has 0 aromatic heterocycles. The van der Waals surface area contributed by atoms with Crippen LogP contribution in [0.4, 0.5) is 0 Å². The Labute approximate surface area is 152 Å². The van der Waals surface area contributed by atoms with Gasteiger partial charge < -0.3 is 18.9 Å². The van der Waals surface area contributed by atoms with Gasteiger partial charge >= 0.3 is 23.9 Å². The van der Waals surface area contributed by atoms with Crippen molar-refractivity contribution in [1.29, 1.82) is 0 Å². The van der Waals surface area contributed by atoms with Crippen LogP contribution in [0.3, 0.4) is 0 Å². The minimum atomic E-state index is -1.97. The number of hydrogen-bond donors (Lipinski definition) is 0. The molecule has 26 heavy (non-hydrogen) atoms. The van der Waals surface area contributed by atoms with E-state index in [0.717, 1.165) is 0 Å². The van der Waals surface area contributed by atoms with Crippen molar-refractivity contribution in [2.24, 2.45) is 5.41 Å². The quantitative estimate of drug-likeness (QED) is 0.276. The molecule has 0 bridgehead atoms. The highest BCUT2D eigenvalue weighted by atomic mass is 16.7. The maximum absolute atomic E-state index is 12.7. The zero-order valence-electron chi connectivity index (χ0n) is 15.5. The number of rotatable bonds is 8. The number of cyclic esters (lactones) is 2. The Morgan fingerprint density at radius 3 is 1.54 bits per heavy atom. The Kier molecular flexibility index (Phi) is 6.72. The van der Waals surface area contributed by atoms with Crippen molar-refractivity contribution in [2.75, 3.05) is 13.2 Å². The third kappa shape index (κ3) is 4.71. The van der Waals surface area contributed by atoms with Crippen molar-refractivity contribution < 1.29 is 38.1 Å². The molecule has 1 fully saturated rings. The van der Waals surface area contributed by atoms with Crippen LogP contribution in [0.25, 0.3) is 0 Å². The molecule has 0 atom stereocenters. The average Bonchev–Trinajstić information content (AvgIpc) is 2.51. The second-order valence-corrected chi connectivity index (χ2v) is 6.26. The van der Waals surface area contributed by atoms with Gasteiger partial charge in [-0.15, -0.1) is 0 Å². The van der Waals surface area contributed by atoms with E-state index in [1.54, 1.807) is 13.8 Å². The normalized spacial score (nSPS) is 17.5. The fourth-order valence-electron chi connectivity index (χ4n) is 2.44. The van der Waals surface area contributed by atoms with E-state index < -0.39 is 47.9 Å². The molecule has 0 N–H and O–H groups in total. The van der Waals surface area contributed by atoms with Gasteiger partial charge in [0.15, 0.2) is 5.41 Å². The number of esters is 4. The standard InChI is InChI=1S/C18H24O8/c1-7-23-13(19)11(3)9-18(10-12(4)14(20)24-8-2)15(21)25-17(5,6)26-16(18)22/h3-4,7-10H2,1-2,5-6H3. The minimum absolute atomic E-state index is 0.0995. The summed E-state index contributed by atoms with van der Waals surface area (Å²) < 4.78 is 20.0. The molecule has 8 heteroatoms. The summed E-state index contributed by atoms with van der Waals surface area (Å²) in [5.74, 6) is -4.86. The SMILES string of the molecule is C=C(CC1(CC(=C)C(=O)OCC)C(=O)OC(C)(C)OC1=O)C(=O)OCC. The van der Waals surface area contributed by atoms with Gasteiger partial charge in [0.1, 0.15) is 0 Å². The van der Waals surface area contributed by atoms with Crippen LogP contribution in [0.15, 0.2) is 24.3 Å². The molecule has 0 amide bonds. The molecule has 0 unspecified atom stereocenters. The molecule has 0 aromatic carbocycles. The lowest BCUT2D eigenvalue weighted by Gasteiger charge is -2.40. The first-order valence-corrected chi connectivity index (χ1v) is 8.15. The van der Waals surface area contributed by atoms with Gasteiger partial charge in [-0.3, -0.25) is 9.59 Å². The van der Waals surface area contributed by atoms with Crippen LogP contribution in [0.2, 0.25) is 0 Å². The molecule has 0 saturated carbocycles. The number of carbonyl (C=O) groups excluding carboxylic acids is 4. The molecule has 1 saturated heterocycles. The number of hydrogen-bond acceptors (Lipinski definition) is 8. The fraction of sp³-hybridized carbons (Fsp3) is 0.556. The van der Waals surface area contributed by atoms with E-state index in [9.17, 15) is 19.2 Å². The van der Waals surface area contributed by atoms with Crippen LogP contribution in [0, 0.1) is 5.41 Å². The first kappa shape index (κ1) is 21.4. The maximum Gasteiger partial charge on any atom is 0.333 e. The molecular weight excluding hydrogens is 344 g/mol. The zero-order chi connectivity index (χ0) is 20.1. The summed E-state index contributed by atoms with van der Waals surface area (Å²) in [6.45, 7) is 13.3. The van der Waals surface area contributed by atoms with Gasteiger partial charge in [0.05, 0.1) is 13.2 Å². The van der Waals surface area contributed by atoms with Crippen LogP contribution in [-0.4, -0.2) is 42.9 Å². The summed E-state index contributed by atoms with van der Waals surface area (Å²) in [6.07, 6.45) is -0.865. The van der Waals surface area contributed by atoms with Crippen molar-refractivity contribution >= 4 is 23.9 Å². The monoisotopic (exact) mass is 368 g/mol. The van der Waals surface area contributed by atoms with Crippen molar-refractivity contribution in [1.82, 2.24) is 0 Å². The molecule has 1 rings (SSSR count). The third-order valence-electron chi connectivity index (χ3n) is 3.62. The maximum atomic E-state index is 12.7. The molecule has 0 aromatic rings. The summed E-state index contributed by atoms with van der Waals surface area (Å²) in [4.78, 5) is 49.1. The van der Waals surface area contributed by atoms with E-state index in [1.165, 1.54) is 13.8 Å². The molecular formula is C18H24O8. The molecule has 1 aliphatic heterocycles. The summed E-state index contributed by atoms with van der Waals surface area (Å²) in [5, 5.41) is 0.